The van der Waals surface area contributed by atoms with Crippen molar-refractivity contribution < 1.29 is 17.5 Å². The van der Waals surface area contributed by atoms with Gasteiger partial charge in [-0.2, -0.15) is 4.31 Å². The van der Waals surface area contributed by atoms with Gasteiger partial charge in [0.15, 0.2) is 5.82 Å². The first kappa shape index (κ1) is 18.3. The van der Waals surface area contributed by atoms with Crippen LogP contribution >= 0.6 is 0 Å². The number of aryl methyl sites for hydroxylation is 1. The molecule has 7 nitrogen and oxygen atoms in total. The Bertz CT molecular complexity index is 905. The number of anilines is 1. The average Bonchev–Trinajstić information content (AvgIpc) is 3.14. The lowest BCUT2D eigenvalue weighted by Gasteiger charge is -2.36. The number of rotatable bonds is 4. The molecule has 0 N–H and O–H groups in total. The normalized spacial score (nSPS) is 23.4. The van der Waals surface area contributed by atoms with Gasteiger partial charge in [-0.1, -0.05) is 19.1 Å². The molecule has 0 spiro atoms. The molecule has 1 aromatic heterocycles. The van der Waals surface area contributed by atoms with Crippen molar-refractivity contribution in [2.24, 2.45) is 0 Å². The maximum atomic E-state index is 13.1. The number of morpholine rings is 1. The molecule has 4 rings (SSSR count). The Morgan fingerprint density at radius 3 is 2.56 bits per heavy atom. The van der Waals surface area contributed by atoms with Gasteiger partial charge in [0.2, 0.25) is 16.0 Å². The topological polar surface area (TPSA) is 75.6 Å². The quantitative estimate of drug-likeness (QED) is 0.784. The van der Waals surface area contributed by atoms with Gasteiger partial charge in [-0.25, -0.2) is 22.8 Å². The molecule has 2 saturated heterocycles. The van der Waals surface area contributed by atoms with E-state index in [1.54, 1.807) is 12.1 Å². The predicted molar refractivity (Wildman–Crippen MR) is 97.4 cm³/mol. The smallest absolute Gasteiger partial charge is 0.243 e. The number of sulfonamides is 1. The van der Waals surface area contributed by atoms with Crippen LogP contribution in [-0.4, -0.2) is 61.1 Å². The molecular formula is C18H21FN4O3S. The molecule has 27 heavy (non-hydrogen) atoms. The minimum absolute atomic E-state index is 0.200. The molecule has 1 aromatic carbocycles. The monoisotopic (exact) mass is 392 g/mol. The largest absolute Gasteiger partial charge is 0.373 e. The molecule has 0 unspecified atom stereocenters. The van der Waals surface area contributed by atoms with Crippen molar-refractivity contribution in [3.05, 3.63) is 48.0 Å². The SMILES string of the molecule is CCc1ccc(S(=O)(=O)N2C[C@@H]3OCCN(c4ncc(F)cn4)[C@@H]3C2)cc1. The van der Waals surface area contributed by atoms with Crippen LogP contribution in [0.3, 0.4) is 0 Å². The number of fused-ring (bicyclic) bond motifs is 1. The van der Waals surface area contributed by atoms with E-state index < -0.39 is 15.8 Å². The fourth-order valence-corrected chi connectivity index (χ4v) is 5.07. The third-order valence-electron chi connectivity index (χ3n) is 5.10. The van der Waals surface area contributed by atoms with Crippen LogP contribution in [0.1, 0.15) is 12.5 Å². The van der Waals surface area contributed by atoms with Crippen molar-refractivity contribution in [3.63, 3.8) is 0 Å². The molecule has 144 valence electrons. The lowest BCUT2D eigenvalue weighted by atomic mass is 10.1. The van der Waals surface area contributed by atoms with Crippen LogP contribution in [0, 0.1) is 5.82 Å². The number of hydrogen-bond donors (Lipinski definition) is 0. The summed E-state index contributed by atoms with van der Waals surface area (Å²) in [4.78, 5) is 10.3. The molecule has 2 aromatic rings. The van der Waals surface area contributed by atoms with E-state index in [2.05, 4.69) is 9.97 Å². The van der Waals surface area contributed by atoms with Crippen molar-refractivity contribution in [2.45, 2.75) is 30.4 Å². The summed E-state index contributed by atoms with van der Waals surface area (Å²) in [5, 5.41) is 0. The Morgan fingerprint density at radius 2 is 1.89 bits per heavy atom. The molecule has 0 amide bonds. The van der Waals surface area contributed by atoms with Crippen LogP contribution in [0.4, 0.5) is 10.3 Å². The van der Waals surface area contributed by atoms with Gasteiger partial charge in [-0.05, 0) is 24.1 Å². The molecule has 2 aliphatic rings. The average molecular weight is 392 g/mol. The van der Waals surface area contributed by atoms with E-state index in [1.807, 2.05) is 24.0 Å². The second-order valence-electron chi connectivity index (χ2n) is 6.69. The summed E-state index contributed by atoms with van der Waals surface area (Å²) in [6.45, 7) is 3.56. The molecule has 2 aliphatic heterocycles. The highest BCUT2D eigenvalue weighted by Crippen LogP contribution is 2.29. The third kappa shape index (κ3) is 3.42. The summed E-state index contributed by atoms with van der Waals surface area (Å²) in [5.41, 5.74) is 1.09. The summed E-state index contributed by atoms with van der Waals surface area (Å²) >= 11 is 0. The van der Waals surface area contributed by atoms with Gasteiger partial charge in [0.1, 0.15) is 0 Å². The number of benzene rings is 1. The molecule has 0 radical (unpaired) electrons. The van der Waals surface area contributed by atoms with Gasteiger partial charge in [0, 0.05) is 19.6 Å². The van der Waals surface area contributed by atoms with E-state index in [1.165, 1.54) is 4.31 Å². The van der Waals surface area contributed by atoms with E-state index in [-0.39, 0.29) is 30.1 Å². The third-order valence-corrected chi connectivity index (χ3v) is 6.95. The van der Waals surface area contributed by atoms with Gasteiger partial charge in [-0.3, -0.25) is 0 Å². The maximum absolute atomic E-state index is 13.1. The van der Waals surface area contributed by atoms with Crippen molar-refractivity contribution in [1.29, 1.82) is 0 Å². The molecule has 9 heteroatoms. The first-order valence-electron chi connectivity index (χ1n) is 8.94. The van der Waals surface area contributed by atoms with Crippen LogP contribution in [-0.2, 0) is 21.2 Å². The van der Waals surface area contributed by atoms with Gasteiger partial charge in [-0.15, -0.1) is 0 Å². The molecule has 0 saturated carbocycles. The predicted octanol–water partition coefficient (Wildman–Crippen LogP) is 1.46. The standard InChI is InChI=1S/C18H21FN4O3S/c1-2-13-3-5-15(6-4-13)27(24,25)22-11-16-17(12-22)26-8-7-23(16)18-20-9-14(19)10-21-18/h3-6,9-10,16-17H,2,7-8,11-12H2,1H3/t16-,17+/m1/s1. The highest BCUT2D eigenvalue weighted by atomic mass is 32.2. The minimum atomic E-state index is -3.61. The number of ether oxygens (including phenoxy) is 1. The summed E-state index contributed by atoms with van der Waals surface area (Å²) in [7, 11) is -3.61. The summed E-state index contributed by atoms with van der Waals surface area (Å²) in [6, 6.07) is 6.78. The van der Waals surface area contributed by atoms with Crippen molar-refractivity contribution in [2.75, 3.05) is 31.1 Å². The first-order chi connectivity index (χ1) is 13.0. The van der Waals surface area contributed by atoms with E-state index in [4.69, 9.17) is 4.74 Å². The van der Waals surface area contributed by atoms with E-state index >= 15 is 0 Å². The molecule has 0 aliphatic carbocycles. The molecular weight excluding hydrogens is 371 g/mol. The number of nitrogens with zero attached hydrogens (tertiary/aromatic N) is 4. The first-order valence-corrected chi connectivity index (χ1v) is 10.4. The number of hydrogen-bond acceptors (Lipinski definition) is 6. The highest BCUT2D eigenvalue weighted by molar-refractivity contribution is 7.89. The van der Waals surface area contributed by atoms with E-state index in [0.29, 0.717) is 19.1 Å². The fourth-order valence-electron chi connectivity index (χ4n) is 3.60. The molecule has 0 bridgehead atoms. The second-order valence-corrected chi connectivity index (χ2v) is 8.63. The van der Waals surface area contributed by atoms with Gasteiger partial charge in [0.05, 0.1) is 36.0 Å². The Balaban J connectivity index is 1.57. The Morgan fingerprint density at radius 1 is 1.19 bits per heavy atom. The van der Waals surface area contributed by atoms with Gasteiger partial charge < -0.3 is 9.64 Å². The zero-order valence-electron chi connectivity index (χ0n) is 15.0. The van der Waals surface area contributed by atoms with Crippen LogP contribution in [0.2, 0.25) is 0 Å². The fraction of sp³-hybridized carbons (Fsp3) is 0.444. The molecule has 3 heterocycles. The Hall–Kier alpha value is -2.10. The Labute approximate surface area is 157 Å². The summed E-state index contributed by atoms with van der Waals surface area (Å²) in [5.74, 6) is -0.115. The minimum Gasteiger partial charge on any atom is -0.373 e. The number of aromatic nitrogens is 2. The highest BCUT2D eigenvalue weighted by Gasteiger charge is 2.45. The zero-order chi connectivity index (χ0) is 19.0. The molecule has 2 atom stereocenters. The lowest BCUT2D eigenvalue weighted by molar-refractivity contribution is 0.0325. The van der Waals surface area contributed by atoms with Crippen LogP contribution in [0.5, 0.6) is 0 Å². The second kappa shape index (κ2) is 7.14. The maximum Gasteiger partial charge on any atom is 0.243 e. The van der Waals surface area contributed by atoms with Crippen molar-refractivity contribution >= 4 is 16.0 Å². The van der Waals surface area contributed by atoms with Gasteiger partial charge in [0.25, 0.3) is 0 Å². The van der Waals surface area contributed by atoms with Crippen molar-refractivity contribution in [1.82, 2.24) is 14.3 Å². The van der Waals surface area contributed by atoms with Crippen molar-refractivity contribution in [3.8, 4) is 0 Å². The van der Waals surface area contributed by atoms with Crippen LogP contribution in [0.25, 0.3) is 0 Å². The molecule has 2 fully saturated rings. The van der Waals surface area contributed by atoms with E-state index in [0.717, 1.165) is 24.4 Å². The zero-order valence-corrected chi connectivity index (χ0v) is 15.8. The van der Waals surface area contributed by atoms with E-state index in [9.17, 15) is 12.8 Å². The summed E-state index contributed by atoms with van der Waals surface area (Å²) < 4.78 is 46.4. The lowest BCUT2D eigenvalue weighted by Crippen LogP contribution is -2.51. The van der Waals surface area contributed by atoms with Gasteiger partial charge >= 0.3 is 0 Å². The Kier molecular flexibility index (Phi) is 4.83. The summed E-state index contributed by atoms with van der Waals surface area (Å²) in [6.07, 6.45) is 2.82. The van der Waals surface area contributed by atoms with Crippen LogP contribution < -0.4 is 4.90 Å². The van der Waals surface area contributed by atoms with Crippen LogP contribution in [0.15, 0.2) is 41.6 Å². The number of halogens is 1.